The molecule has 0 aliphatic rings. The Hall–Kier alpha value is -1.23. The minimum atomic E-state index is -2.72. The van der Waals surface area contributed by atoms with E-state index in [9.17, 15) is 13.6 Å². The Morgan fingerprint density at radius 2 is 2.29 bits per heavy atom. The van der Waals surface area contributed by atoms with Crippen LogP contribution < -0.4 is 5.73 Å². The molecule has 0 aromatic carbocycles. The SMILES string of the molecule is Nc1cc(C(F)F)nc(CCl)c1C=O. The van der Waals surface area contributed by atoms with Gasteiger partial charge in [-0.2, -0.15) is 0 Å². The summed E-state index contributed by atoms with van der Waals surface area (Å²) in [4.78, 5) is 14.1. The first kappa shape index (κ1) is 10.8. The van der Waals surface area contributed by atoms with Crippen molar-refractivity contribution in [2.45, 2.75) is 12.3 Å². The van der Waals surface area contributed by atoms with Crippen LogP contribution in [0.2, 0.25) is 0 Å². The first-order valence-corrected chi connectivity index (χ1v) is 4.22. The maximum atomic E-state index is 12.2. The van der Waals surface area contributed by atoms with Crippen LogP contribution in [-0.4, -0.2) is 11.3 Å². The van der Waals surface area contributed by atoms with E-state index in [2.05, 4.69) is 4.98 Å². The van der Waals surface area contributed by atoms with Crippen LogP contribution in [0.3, 0.4) is 0 Å². The number of halogens is 3. The second-order valence-corrected chi connectivity index (χ2v) is 2.82. The molecule has 0 aliphatic carbocycles. The predicted molar refractivity (Wildman–Crippen MR) is 48.6 cm³/mol. The number of nitrogens with two attached hydrogens (primary N) is 1. The molecule has 1 rings (SSSR count). The fourth-order valence-corrected chi connectivity index (χ4v) is 1.21. The molecular weight excluding hydrogens is 214 g/mol. The molecule has 0 amide bonds. The van der Waals surface area contributed by atoms with Gasteiger partial charge in [-0.05, 0) is 6.07 Å². The zero-order valence-corrected chi connectivity index (χ0v) is 7.76. The summed E-state index contributed by atoms with van der Waals surface area (Å²) in [6, 6.07) is 0.977. The first-order chi connectivity index (χ1) is 6.60. The Bertz CT molecular complexity index is 357. The molecule has 2 N–H and O–H groups in total. The molecule has 0 atom stereocenters. The molecule has 0 spiro atoms. The number of nitrogens with zero attached hydrogens (tertiary/aromatic N) is 1. The molecule has 0 unspecified atom stereocenters. The Kier molecular flexibility index (Phi) is 3.35. The van der Waals surface area contributed by atoms with Crippen LogP contribution in [0, 0.1) is 0 Å². The van der Waals surface area contributed by atoms with Gasteiger partial charge in [0.2, 0.25) is 0 Å². The van der Waals surface area contributed by atoms with Gasteiger partial charge in [-0.15, -0.1) is 11.6 Å². The maximum Gasteiger partial charge on any atom is 0.280 e. The van der Waals surface area contributed by atoms with Gasteiger partial charge in [-0.1, -0.05) is 0 Å². The lowest BCUT2D eigenvalue weighted by molar-refractivity contribution is 0.112. The summed E-state index contributed by atoms with van der Waals surface area (Å²) in [7, 11) is 0. The quantitative estimate of drug-likeness (QED) is 0.627. The van der Waals surface area contributed by atoms with E-state index in [0.717, 1.165) is 6.07 Å². The number of carbonyl (C=O) groups is 1. The smallest absolute Gasteiger partial charge is 0.280 e. The third kappa shape index (κ3) is 1.98. The number of carbonyl (C=O) groups excluding carboxylic acids is 1. The molecule has 76 valence electrons. The highest BCUT2D eigenvalue weighted by molar-refractivity contribution is 6.17. The van der Waals surface area contributed by atoms with Gasteiger partial charge in [-0.3, -0.25) is 4.79 Å². The van der Waals surface area contributed by atoms with Crippen molar-refractivity contribution in [1.29, 1.82) is 0 Å². The summed E-state index contributed by atoms with van der Waals surface area (Å²) in [5.74, 6) is -0.126. The van der Waals surface area contributed by atoms with E-state index in [4.69, 9.17) is 17.3 Å². The lowest BCUT2D eigenvalue weighted by Crippen LogP contribution is -2.04. The van der Waals surface area contributed by atoms with E-state index < -0.39 is 12.1 Å². The highest BCUT2D eigenvalue weighted by Crippen LogP contribution is 2.23. The zero-order valence-electron chi connectivity index (χ0n) is 7.01. The zero-order chi connectivity index (χ0) is 10.7. The van der Waals surface area contributed by atoms with E-state index in [1.807, 2.05) is 0 Å². The van der Waals surface area contributed by atoms with Gasteiger partial charge in [0.05, 0.1) is 17.1 Å². The summed E-state index contributed by atoms with van der Waals surface area (Å²) in [5.41, 5.74) is 5.04. The van der Waals surface area contributed by atoms with Crippen molar-refractivity contribution in [2.75, 3.05) is 5.73 Å². The van der Waals surface area contributed by atoms with Crippen LogP contribution in [0.1, 0.15) is 28.2 Å². The first-order valence-electron chi connectivity index (χ1n) is 3.68. The summed E-state index contributed by atoms with van der Waals surface area (Å²) in [6.07, 6.45) is -2.27. The average molecular weight is 221 g/mol. The summed E-state index contributed by atoms with van der Waals surface area (Å²) in [5, 5.41) is 0. The molecule has 0 bridgehead atoms. The number of anilines is 1. The van der Waals surface area contributed by atoms with Crippen molar-refractivity contribution in [3.05, 3.63) is 23.0 Å². The summed E-state index contributed by atoms with van der Waals surface area (Å²) >= 11 is 5.44. The topological polar surface area (TPSA) is 56.0 Å². The van der Waals surface area contributed by atoms with Gasteiger partial charge in [0, 0.05) is 5.69 Å². The van der Waals surface area contributed by atoms with Crippen LogP contribution in [0.15, 0.2) is 6.07 Å². The second kappa shape index (κ2) is 4.32. The van der Waals surface area contributed by atoms with Gasteiger partial charge in [0.15, 0.2) is 6.29 Å². The fourth-order valence-electron chi connectivity index (χ4n) is 1.00. The minimum absolute atomic E-state index is 0.0269. The predicted octanol–water partition coefficient (Wildman–Crippen LogP) is 2.15. The van der Waals surface area contributed by atoms with E-state index in [1.54, 1.807) is 0 Å². The molecule has 0 saturated heterocycles. The number of pyridine rings is 1. The normalized spacial score (nSPS) is 10.6. The second-order valence-electron chi connectivity index (χ2n) is 2.55. The van der Waals surface area contributed by atoms with Gasteiger partial charge in [-0.25, -0.2) is 13.8 Å². The van der Waals surface area contributed by atoms with Crippen molar-refractivity contribution in [3.63, 3.8) is 0 Å². The van der Waals surface area contributed by atoms with E-state index in [-0.39, 0.29) is 22.8 Å². The fraction of sp³-hybridized carbons (Fsp3) is 0.250. The van der Waals surface area contributed by atoms with Gasteiger partial charge in [0.1, 0.15) is 5.69 Å². The van der Waals surface area contributed by atoms with E-state index in [1.165, 1.54) is 0 Å². The van der Waals surface area contributed by atoms with Crippen LogP contribution in [-0.2, 0) is 5.88 Å². The molecule has 0 radical (unpaired) electrons. The Labute approximate surface area is 83.9 Å². The average Bonchev–Trinajstić information content (AvgIpc) is 2.16. The van der Waals surface area contributed by atoms with Crippen LogP contribution in [0.4, 0.5) is 14.5 Å². The molecule has 6 heteroatoms. The maximum absolute atomic E-state index is 12.2. The Balaban J connectivity index is 3.31. The van der Waals surface area contributed by atoms with Crippen molar-refractivity contribution in [1.82, 2.24) is 4.98 Å². The van der Waals surface area contributed by atoms with Crippen molar-refractivity contribution >= 4 is 23.6 Å². The van der Waals surface area contributed by atoms with Crippen molar-refractivity contribution < 1.29 is 13.6 Å². The van der Waals surface area contributed by atoms with Crippen LogP contribution in [0.25, 0.3) is 0 Å². The highest BCUT2D eigenvalue weighted by Gasteiger charge is 2.15. The third-order valence-corrected chi connectivity index (χ3v) is 1.91. The standard InChI is InChI=1S/C8H7ClF2N2O/c9-2-7-4(3-14)5(12)1-6(13-7)8(10)11/h1,3,8H,2H2,(H2,12,13). The lowest BCUT2D eigenvalue weighted by atomic mass is 10.1. The minimum Gasteiger partial charge on any atom is -0.398 e. The molecule has 3 nitrogen and oxygen atoms in total. The molecule has 14 heavy (non-hydrogen) atoms. The molecule has 0 aliphatic heterocycles. The van der Waals surface area contributed by atoms with Gasteiger partial charge < -0.3 is 5.73 Å². The molecule has 0 fully saturated rings. The number of alkyl halides is 3. The number of aromatic nitrogens is 1. The molecule has 1 aromatic heterocycles. The van der Waals surface area contributed by atoms with Gasteiger partial charge >= 0.3 is 0 Å². The molecule has 1 aromatic rings. The van der Waals surface area contributed by atoms with Crippen molar-refractivity contribution in [3.8, 4) is 0 Å². The highest BCUT2D eigenvalue weighted by atomic mass is 35.5. The summed E-state index contributed by atoms with van der Waals surface area (Å²) < 4.78 is 24.5. The number of hydrogen-bond acceptors (Lipinski definition) is 3. The number of nitrogen functional groups attached to an aromatic ring is 1. The molecular formula is C8H7ClF2N2O. The number of aldehydes is 1. The lowest BCUT2D eigenvalue weighted by Gasteiger charge is -2.07. The largest absolute Gasteiger partial charge is 0.398 e. The monoisotopic (exact) mass is 220 g/mol. The van der Waals surface area contributed by atoms with Gasteiger partial charge in [0.25, 0.3) is 6.43 Å². The number of rotatable bonds is 3. The molecule has 1 heterocycles. The summed E-state index contributed by atoms with van der Waals surface area (Å²) in [6.45, 7) is 0. The van der Waals surface area contributed by atoms with Crippen LogP contribution in [0.5, 0.6) is 0 Å². The van der Waals surface area contributed by atoms with E-state index in [0.29, 0.717) is 6.29 Å². The van der Waals surface area contributed by atoms with Crippen LogP contribution >= 0.6 is 11.6 Å². The molecule has 0 saturated carbocycles. The third-order valence-electron chi connectivity index (χ3n) is 1.66. The number of hydrogen-bond donors (Lipinski definition) is 1. The van der Waals surface area contributed by atoms with Crippen molar-refractivity contribution in [2.24, 2.45) is 0 Å². The Morgan fingerprint density at radius 3 is 2.71 bits per heavy atom. The Morgan fingerprint density at radius 1 is 1.64 bits per heavy atom. The van der Waals surface area contributed by atoms with E-state index >= 15 is 0 Å².